The molecule has 3 N–H and O–H groups in total. The number of H-pyrrole nitrogens is 2. The van der Waals surface area contributed by atoms with Crippen LogP contribution in [0.2, 0.25) is 0 Å². The number of aromatic hydroxyl groups is 1. The average molecular weight is 370 g/mol. The Balaban J connectivity index is 1.62. The van der Waals surface area contributed by atoms with E-state index in [1.807, 2.05) is 55.5 Å². The molecular weight excluding hydrogens is 352 g/mol. The maximum absolute atomic E-state index is 9.97. The zero-order valence-electron chi connectivity index (χ0n) is 15.4. The molecule has 2 heterocycles. The van der Waals surface area contributed by atoms with Gasteiger partial charge in [-0.15, -0.1) is 0 Å². The minimum Gasteiger partial charge on any atom is -0.504 e. The molecule has 2 aromatic heterocycles. The number of nitrogens with zero attached hydrogens (tertiary/aromatic N) is 2. The molecule has 28 heavy (non-hydrogen) atoms. The third-order valence-electron chi connectivity index (χ3n) is 5.01. The summed E-state index contributed by atoms with van der Waals surface area (Å²) in [5.41, 5.74) is 6.58. The van der Waals surface area contributed by atoms with Gasteiger partial charge in [-0.1, -0.05) is 18.2 Å². The molecule has 0 aliphatic heterocycles. The fourth-order valence-corrected chi connectivity index (χ4v) is 3.58. The van der Waals surface area contributed by atoms with Crippen LogP contribution in [-0.2, 0) is 0 Å². The van der Waals surface area contributed by atoms with Crippen LogP contribution in [-0.4, -0.2) is 32.4 Å². The molecule has 6 heteroatoms. The number of hydrogen-bond donors (Lipinski definition) is 3. The van der Waals surface area contributed by atoms with Crippen molar-refractivity contribution in [2.75, 3.05) is 7.11 Å². The van der Waals surface area contributed by atoms with Gasteiger partial charge in [0.1, 0.15) is 5.69 Å². The number of rotatable bonds is 3. The van der Waals surface area contributed by atoms with E-state index < -0.39 is 0 Å². The van der Waals surface area contributed by atoms with E-state index in [4.69, 9.17) is 4.74 Å². The van der Waals surface area contributed by atoms with Crippen molar-refractivity contribution in [3.8, 4) is 34.1 Å². The average Bonchev–Trinajstić information content (AvgIpc) is 3.31. The predicted octanol–water partition coefficient (Wildman–Crippen LogP) is 4.80. The van der Waals surface area contributed by atoms with Crippen molar-refractivity contribution in [3.05, 3.63) is 60.2 Å². The van der Waals surface area contributed by atoms with E-state index in [1.54, 1.807) is 13.2 Å². The molecule has 0 atom stereocenters. The molecule has 0 radical (unpaired) electrons. The first kappa shape index (κ1) is 16.4. The lowest BCUT2D eigenvalue weighted by molar-refractivity contribution is 0.373. The number of methoxy groups -OCH3 is 1. The largest absolute Gasteiger partial charge is 0.504 e. The van der Waals surface area contributed by atoms with E-state index in [1.165, 1.54) is 0 Å². The lowest BCUT2D eigenvalue weighted by Crippen LogP contribution is -1.89. The summed E-state index contributed by atoms with van der Waals surface area (Å²) in [5.74, 6) is 1.33. The molecule has 5 rings (SSSR count). The Morgan fingerprint density at radius 1 is 1.00 bits per heavy atom. The van der Waals surface area contributed by atoms with Gasteiger partial charge in [0.25, 0.3) is 0 Å². The van der Waals surface area contributed by atoms with Crippen LogP contribution in [0.25, 0.3) is 44.6 Å². The fourth-order valence-electron chi connectivity index (χ4n) is 3.58. The van der Waals surface area contributed by atoms with Crippen LogP contribution in [0.5, 0.6) is 11.5 Å². The summed E-state index contributed by atoms with van der Waals surface area (Å²) in [5, 5.41) is 18.6. The number of phenolic OH excluding ortho intramolecular Hbond substituents is 1. The minimum atomic E-state index is 0.138. The Hall–Kier alpha value is -3.80. The van der Waals surface area contributed by atoms with E-state index in [9.17, 15) is 5.11 Å². The van der Waals surface area contributed by atoms with E-state index >= 15 is 0 Å². The molecule has 0 spiro atoms. The van der Waals surface area contributed by atoms with Crippen molar-refractivity contribution in [1.82, 2.24) is 20.2 Å². The molecule has 0 bridgehead atoms. The van der Waals surface area contributed by atoms with Crippen LogP contribution in [0.4, 0.5) is 0 Å². The van der Waals surface area contributed by atoms with E-state index in [-0.39, 0.29) is 5.75 Å². The van der Waals surface area contributed by atoms with E-state index in [0.29, 0.717) is 5.75 Å². The zero-order valence-corrected chi connectivity index (χ0v) is 15.4. The highest BCUT2D eigenvalue weighted by molar-refractivity contribution is 5.95. The second-order valence-corrected chi connectivity index (χ2v) is 6.77. The Morgan fingerprint density at radius 2 is 1.86 bits per heavy atom. The highest BCUT2D eigenvalue weighted by Gasteiger charge is 2.14. The van der Waals surface area contributed by atoms with Crippen LogP contribution in [0.3, 0.4) is 0 Å². The zero-order chi connectivity index (χ0) is 19.3. The summed E-state index contributed by atoms with van der Waals surface area (Å²) in [7, 11) is 1.55. The summed E-state index contributed by atoms with van der Waals surface area (Å²) in [6.07, 6.45) is 0. The van der Waals surface area contributed by atoms with Crippen LogP contribution in [0.15, 0.2) is 54.6 Å². The van der Waals surface area contributed by atoms with Gasteiger partial charge in [0, 0.05) is 5.39 Å². The maximum Gasteiger partial charge on any atom is 0.161 e. The van der Waals surface area contributed by atoms with Gasteiger partial charge in [-0.25, -0.2) is 4.98 Å². The molecule has 6 nitrogen and oxygen atoms in total. The third kappa shape index (κ3) is 2.50. The van der Waals surface area contributed by atoms with Gasteiger partial charge in [0.05, 0.1) is 23.7 Å². The minimum absolute atomic E-state index is 0.138. The van der Waals surface area contributed by atoms with Gasteiger partial charge in [0.2, 0.25) is 0 Å². The smallest absolute Gasteiger partial charge is 0.161 e. The molecule has 0 aliphatic rings. The fraction of sp³-hybridized carbons (Fsp3) is 0.0909. The highest BCUT2D eigenvalue weighted by Crippen LogP contribution is 2.36. The first-order valence-corrected chi connectivity index (χ1v) is 8.95. The van der Waals surface area contributed by atoms with Crippen LogP contribution in [0.1, 0.15) is 5.56 Å². The molecule has 5 aromatic rings. The Morgan fingerprint density at radius 3 is 2.68 bits per heavy atom. The monoisotopic (exact) mass is 370 g/mol. The Labute approximate surface area is 160 Å². The number of hydrogen-bond acceptors (Lipinski definition) is 4. The number of aryl methyl sites for hydroxylation is 1. The van der Waals surface area contributed by atoms with Crippen LogP contribution in [0, 0.1) is 6.92 Å². The molecule has 0 aliphatic carbocycles. The number of benzene rings is 3. The van der Waals surface area contributed by atoms with Gasteiger partial charge in [-0.3, -0.25) is 5.10 Å². The molecular formula is C22H18N4O2. The van der Waals surface area contributed by atoms with Gasteiger partial charge < -0.3 is 14.8 Å². The summed E-state index contributed by atoms with van der Waals surface area (Å²) in [4.78, 5) is 7.98. The van der Waals surface area contributed by atoms with Crippen molar-refractivity contribution < 1.29 is 9.84 Å². The van der Waals surface area contributed by atoms with Gasteiger partial charge in [0.15, 0.2) is 17.3 Å². The maximum atomic E-state index is 9.97. The van der Waals surface area contributed by atoms with Crippen molar-refractivity contribution in [2.45, 2.75) is 6.92 Å². The van der Waals surface area contributed by atoms with Crippen molar-refractivity contribution >= 4 is 21.9 Å². The number of para-hydroxylation sites is 2. The molecule has 138 valence electrons. The van der Waals surface area contributed by atoms with E-state index in [0.717, 1.165) is 50.1 Å². The number of nitrogens with one attached hydrogen (secondary N) is 2. The normalized spacial score (nSPS) is 11.4. The van der Waals surface area contributed by atoms with Crippen molar-refractivity contribution in [1.29, 1.82) is 0 Å². The van der Waals surface area contributed by atoms with Gasteiger partial charge in [-0.2, -0.15) is 5.10 Å². The summed E-state index contributed by atoms with van der Waals surface area (Å²) < 4.78 is 5.26. The number of aromatic amines is 2. The Bertz CT molecular complexity index is 1300. The Kier molecular flexibility index (Phi) is 3.58. The lowest BCUT2D eigenvalue weighted by atomic mass is 9.98. The second kappa shape index (κ2) is 6.13. The third-order valence-corrected chi connectivity index (χ3v) is 5.01. The predicted molar refractivity (Wildman–Crippen MR) is 110 cm³/mol. The molecule has 0 fully saturated rings. The number of fused-ring (bicyclic) bond motifs is 2. The summed E-state index contributed by atoms with van der Waals surface area (Å²) in [6.45, 7) is 1.96. The molecule has 0 amide bonds. The topological polar surface area (TPSA) is 86.8 Å². The van der Waals surface area contributed by atoms with Crippen LogP contribution < -0.4 is 4.74 Å². The summed E-state index contributed by atoms with van der Waals surface area (Å²) in [6, 6.07) is 17.6. The highest BCUT2D eigenvalue weighted by atomic mass is 16.5. The first-order chi connectivity index (χ1) is 13.6. The molecule has 3 aromatic carbocycles. The second-order valence-electron chi connectivity index (χ2n) is 6.77. The standard InChI is InChI=1S/C22H18N4O2/c1-12-9-19(27)20(28-2)11-15(12)13-7-8-14-18(10-13)25-26-21(14)22-23-16-5-3-4-6-17(16)24-22/h3-11,27H,1-2H3,(H,23,24)(H,25,26). The molecule has 0 unspecified atom stereocenters. The number of ether oxygens (including phenoxy) is 1. The number of aromatic nitrogens is 4. The molecule has 0 saturated carbocycles. The quantitative estimate of drug-likeness (QED) is 0.426. The number of phenols is 1. The molecule has 0 saturated heterocycles. The summed E-state index contributed by atoms with van der Waals surface area (Å²) >= 11 is 0. The van der Waals surface area contributed by atoms with Gasteiger partial charge >= 0.3 is 0 Å². The number of imidazole rings is 1. The lowest BCUT2D eigenvalue weighted by Gasteiger charge is -2.10. The first-order valence-electron chi connectivity index (χ1n) is 8.95. The van der Waals surface area contributed by atoms with Crippen molar-refractivity contribution in [3.63, 3.8) is 0 Å². The van der Waals surface area contributed by atoms with E-state index in [2.05, 4.69) is 20.2 Å². The SMILES string of the molecule is COc1cc(-c2ccc3c(-c4nc5ccccc5[nH]4)n[nH]c3c2)c(C)cc1O. The van der Waals surface area contributed by atoms with Crippen molar-refractivity contribution in [2.24, 2.45) is 0 Å². The van der Waals surface area contributed by atoms with Gasteiger partial charge in [-0.05, 0) is 60.0 Å². The van der Waals surface area contributed by atoms with Crippen LogP contribution >= 0.6 is 0 Å².